The molecule has 1 aliphatic rings. The summed E-state index contributed by atoms with van der Waals surface area (Å²) in [6, 6.07) is 16.6. The van der Waals surface area contributed by atoms with Crippen LogP contribution in [0.4, 0.5) is 24.5 Å². The molecule has 1 aliphatic heterocycles. The Hall–Kier alpha value is -3.39. The van der Waals surface area contributed by atoms with Crippen molar-refractivity contribution in [3.05, 3.63) is 88.2 Å². The predicted molar refractivity (Wildman–Crippen MR) is 110 cm³/mol. The molecular weight excluding hydrogens is 413 g/mol. The number of imide groups is 1. The molecule has 2 aromatic carbocycles. The number of hydrogen-bond donors (Lipinski definition) is 0. The normalized spacial score (nSPS) is 14.6. The summed E-state index contributed by atoms with van der Waals surface area (Å²) in [5.41, 5.74) is -0.0908. The lowest BCUT2D eigenvalue weighted by Gasteiger charge is -2.22. The average Bonchev–Trinajstić information content (AvgIpc) is 3.33. The fourth-order valence-electron chi connectivity index (χ4n) is 3.31. The van der Waals surface area contributed by atoms with Gasteiger partial charge in [-0.2, -0.15) is 13.2 Å². The largest absolute Gasteiger partial charge is 0.416 e. The van der Waals surface area contributed by atoms with Crippen molar-refractivity contribution in [2.75, 3.05) is 16.8 Å². The van der Waals surface area contributed by atoms with E-state index in [1.54, 1.807) is 53.7 Å². The molecule has 0 saturated heterocycles. The van der Waals surface area contributed by atoms with Gasteiger partial charge in [-0.15, -0.1) is 11.3 Å². The number of benzene rings is 2. The minimum Gasteiger partial charge on any atom is -0.339 e. The molecule has 0 spiro atoms. The highest BCUT2D eigenvalue weighted by atomic mass is 32.1. The van der Waals surface area contributed by atoms with E-state index in [2.05, 4.69) is 0 Å². The van der Waals surface area contributed by atoms with Crippen molar-refractivity contribution in [1.82, 2.24) is 0 Å². The quantitative estimate of drug-likeness (QED) is 0.537. The third kappa shape index (κ3) is 3.39. The fraction of sp³-hybridized carbons (Fsp3) is 0.0909. The Bertz CT molecular complexity index is 1140. The van der Waals surface area contributed by atoms with Crippen molar-refractivity contribution < 1.29 is 22.8 Å². The summed E-state index contributed by atoms with van der Waals surface area (Å²) in [6.07, 6.45) is -4.59. The number of alkyl halides is 3. The zero-order chi connectivity index (χ0) is 21.5. The first-order valence-corrected chi connectivity index (χ1v) is 9.80. The summed E-state index contributed by atoms with van der Waals surface area (Å²) in [5.74, 6) is -1.33. The van der Waals surface area contributed by atoms with Crippen LogP contribution in [0.15, 0.2) is 77.8 Å². The molecule has 0 N–H and O–H groups in total. The molecule has 152 valence electrons. The van der Waals surface area contributed by atoms with E-state index in [0.29, 0.717) is 10.6 Å². The lowest BCUT2D eigenvalue weighted by atomic mass is 10.1. The van der Waals surface area contributed by atoms with Crippen LogP contribution in [0.3, 0.4) is 0 Å². The number of para-hydroxylation sites is 1. The van der Waals surface area contributed by atoms with Crippen LogP contribution in [0.1, 0.15) is 10.4 Å². The van der Waals surface area contributed by atoms with Crippen molar-refractivity contribution in [1.29, 1.82) is 0 Å². The molecule has 8 heteroatoms. The lowest BCUT2D eigenvalue weighted by Crippen LogP contribution is -2.34. The van der Waals surface area contributed by atoms with Gasteiger partial charge in [0.2, 0.25) is 0 Å². The number of thiophene rings is 1. The van der Waals surface area contributed by atoms with Crippen LogP contribution in [0.2, 0.25) is 0 Å². The molecule has 0 aliphatic carbocycles. The molecule has 0 bridgehead atoms. The van der Waals surface area contributed by atoms with E-state index < -0.39 is 23.6 Å². The van der Waals surface area contributed by atoms with Crippen LogP contribution in [-0.4, -0.2) is 18.9 Å². The molecule has 0 radical (unpaired) electrons. The molecule has 3 aromatic rings. The first-order chi connectivity index (χ1) is 14.3. The van der Waals surface area contributed by atoms with Gasteiger partial charge < -0.3 is 4.90 Å². The number of likely N-dealkylation sites (N-methyl/N-ethyl adjacent to an activating group) is 1. The van der Waals surface area contributed by atoms with E-state index in [9.17, 15) is 22.8 Å². The van der Waals surface area contributed by atoms with Gasteiger partial charge in [0.25, 0.3) is 11.8 Å². The van der Waals surface area contributed by atoms with Crippen LogP contribution in [0.5, 0.6) is 0 Å². The van der Waals surface area contributed by atoms with Gasteiger partial charge in [0.15, 0.2) is 0 Å². The SMILES string of the molecule is CN(C1=C(c2cccs2)C(=O)N(c2cccc(C(F)(F)F)c2)C1=O)c1ccccc1. The smallest absolute Gasteiger partial charge is 0.339 e. The Kier molecular flexibility index (Phi) is 4.95. The number of carbonyl (C=O) groups is 2. The zero-order valence-electron chi connectivity index (χ0n) is 15.7. The van der Waals surface area contributed by atoms with Crippen LogP contribution >= 0.6 is 11.3 Å². The second-order valence-corrected chi connectivity index (χ2v) is 7.54. The molecule has 2 amide bonds. The van der Waals surface area contributed by atoms with Crippen LogP contribution in [0.25, 0.3) is 5.57 Å². The van der Waals surface area contributed by atoms with Gasteiger partial charge in [-0.3, -0.25) is 9.59 Å². The Morgan fingerprint density at radius 2 is 1.63 bits per heavy atom. The van der Waals surface area contributed by atoms with Crippen molar-refractivity contribution in [3.63, 3.8) is 0 Å². The molecule has 4 rings (SSSR count). The summed E-state index contributed by atoms with van der Waals surface area (Å²) < 4.78 is 39.5. The van der Waals surface area contributed by atoms with E-state index in [1.165, 1.54) is 23.5 Å². The standard InChI is InChI=1S/C22H15F3N2O2S/c1-26(15-8-3-2-4-9-15)19-18(17-11-6-12-30-17)20(28)27(21(19)29)16-10-5-7-14(13-16)22(23,24)25/h2-13H,1H3. The van der Waals surface area contributed by atoms with E-state index in [-0.39, 0.29) is 17.0 Å². The van der Waals surface area contributed by atoms with Gasteiger partial charge in [-0.25, -0.2) is 4.90 Å². The number of nitrogens with zero attached hydrogens (tertiary/aromatic N) is 2. The van der Waals surface area contributed by atoms with Gasteiger partial charge in [0.1, 0.15) is 5.70 Å². The van der Waals surface area contributed by atoms with Crippen LogP contribution < -0.4 is 9.80 Å². The fourth-order valence-corrected chi connectivity index (χ4v) is 4.07. The highest BCUT2D eigenvalue weighted by molar-refractivity contribution is 7.11. The third-order valence-corrected chi connectivity index (χ3v) is 5.62. The maximum Gasteiger partial charge on any atom is 0.416 e. The maximum absolute atomic E-state index is 13.3. The monoisotopic (exact) mass is 428 g/mol. The zero-order valence-corrected chi connectivity index (χ0v) is 16.5. The third-order valence-electron chi connectivity index (χ3n) is 4.74. The molecule has 0 unspecified atom stereocenters. The number of halogens is 3. The molecule has 0 saturated carbocycles. The van der Waals surface area contributed by atoms with Crippen molar-refractivity contribution in [3.8, 4) is 0 Å². The van der Waals surface area contributed by atoms with Gasteiger partial charge in [0.05, 0.1) is 16.8 Å². The molecule has 1 aromatic heterocycles. The van der Waals surface area contributed by atoms with E-state index in [0.717, 1.165) is 17.0 Å². The number of hydrogen-bond acceptors (Lipinski definition) is 4. The van der Waals surface area contributed by atoms with Crippen molar-refractivity contribution in [2.45, 2.75) is 6.18 Å². The highest BCUT2D eigenvalue weighted by Crippen LogP contribution is 2.39. The Morgan fingerprint density at radius 1 is 0.900 bits per heavy atom. The maximum atomic E-state index is 13.3. The number of amides is 2. The lowest BCUT2D eigenvalue weighted by molar-refractivity contribution is -0.137. The molecule has 4 nitrogen and oxygen atoms in total. The van der Waals surface area contributed by atoms with Crippen LogP contribution in [0, 0.1) is 0 Å². The molecule has 2 heterocycles. The van der Waals surface area contributed by atoms with Crippen molar-refractivity contribution in [2.24, 2.45) is 0 Å². The first kappa shape index (κ1) is 19.9. The highest BCUT2D eigenvalue weighted by Gasteiger charge is 2.43. The predicted octanol–water partition coefficient (Wildman–Crippen LogP) is 5.19. The molecule has 0 fully saturated rings. The number of carbonyl (C=O) groups excluding carboxylic acids is 2. The Labute approximate surface area is 174 Å². The molecule has 0 atom stereocenters. The van der Waals surface area contributed by atoms with Gasteiger partial charge >= 0.3 is 6.18 Å². The molecule has 30 heavy (non-hydrogen) atoms. The topological polar surface area (TPSA) is 40.6 Å². The Morgan fingerprint density at radius 3 is 2.27 bits per heavy atom. The second kappa shape index (κ2) is 7.46. The first-order valence-electron chi connectivity index (χ1n) is 8.92. The second-order valence-electron chi connectivity index (χ2n) is 6.59. The van der Waals surface area contributed by atoms with Gasteiger partial charge in [-0.1, -0.05) is 30.3 Å². The van der Waals surface area contributed by atoms with Crippen LogP contribution in [-0.2, 0) is 15.8 Å². The average molecular weight is 428 g/mol. The minimum atomic E-state index is -4.59. The van der Waals surface area contributed by atoms with E-state index in [1.807, 2.05) is 6.07 Å². The molecular formula is C22H15F3N2O2S. The summed E-state index contributed by atoms with van der Waals surface area (Å²) in [6.45, 7) is 0. The summed E-state index contributed by atoms with van der Waals surface area (Å²) in [7, 11) is 1.65. The van der Waals surface area contributed by atoms with Crippen molar-refractivity contribution >= 4 is 40.1 Å². The van der Waals surface area contributed by atoms with E-state index in [4.69, 9.17) is 0 Å². The minimum absolute atomic E-state index is 0.117. The summed E-state index contributed by atoms with van der Waals surface area (Å²) in [5, 5.41) is 1.77. The summed E-state index contributed by atoms with van der Waals surface area (Å²) >= 11 is 1.28. The number of rotatable bonds is 4. The van der Waals surface area contributed by atoms with E-state index >= 15 is 0 Å². The number of anilines is 2. The van der Waals surface area contributed by atoms with Gasteiger partial charge in [-0.05, 0) is 41.8 Å². The Balaban J connectivity index is 1.84. The summed E-state index contributed by atoms with van der Waals surface area (Å²) in [4.78, 5) is 29.6. The van der Waals surface area contributed by atoms with Gasteiger partial charge in [0, 0.05) is 17.6 Å².